The first-order chi connectivity index (χ1) is 28.6. The second kappa shape index (κ2) is 16.6. The van der Waals surface area contributed by atoms with Crippen LogP contribution in [0.2, 0.25) is 0 Å². The summed E-state index contributed by atoms with van der Waals surface area (Å²) in [5.74, 6) is 0.904. The zero-order valence-electron chi connectivity index (χ0n) is 33.4. The number of nitrogens with zero attached hydrogens (tertiary/aromatic N) is 5. The second-order valence-electron chi connectivity index (χ2n) is 15.4. The average molecular weight is 798 g/mol. The van der Waals surface area contributed by atoms with Gasteiger partial charge >= 0.3 is 12.2 Å². The number of amides is 4. The van der Waals surface area contributed by atoms with E-state index in [0.29, 0.717) is 30.3 Å². The molecule has 2 fully saturated rings. The van der Waals surface area contributed by atoms with Gasteiger partial charge in [-0.15, -0.1) is 0 Å². The number of carbonyl (C=O) groups excluding carboxylic acids is 4. The number of benzene rings is 3. The molecule has 0 radical (unpaired) electrons. The molecule has 304 valence electrons. The SMILES string of the molecule is COC(=O)NC(C(=O)N1CCCC1c1ncc(-c2ccc3nc(-c4ccc5nc(C6CCCN6C(=O)C(NC(=O)OC)C(C)C)[nH]c5c4)ccc3c2)[nH]1)c1ccccc1. The Kier molecular flexibility index (Phi) is 11.0. The van der Waals surface area contributed by atoms with Crippen molar-refractivity contribution in [2.75, 3.05) is 27.3 Å². The van der Waals surface area contributed by atoms with Crippen molar-refractivity contribution in [2.24, 2.45) is 5.92 Å². The van der Waals surface area contributed by atoms with Gasteiger partial charge in [-0.1, -0.05) is 62.4 Å². The monoisotopic (exact) mass is 797 g/mol. The molecular weight excluding hydrogens is 751 g/mol. The molecule has 0 aliphatic carbocycles. The maximum absolute atomic E-state index is 13.9. The maximum Gasteiger partial charge on any atom is 0.407 e. The molecule has 15 nitrogen and oxygen atoms in total. The van der Waals surface area contributed by atoms with E-state index in [-0.39, 0.29) is 29.8 Å². The molecule has 0 saturated carbocycles. The Morgan fingerprint density at radius 2 is 1.41 bits per heavy atom. The zero-order valence-corrected chi connectivity index (χ0v) is 33.4. The fourth-order valence-corrected chi connectivity index (χ4v) is 8.24. The summed E-state index contributed by atoms with van der Waals surface area (Å²) in [6.07, 6.45) is 3.62. The second-order valence-corrected chi connectivity index (χ2v) is 15.4. The third-order valence-electron chi connectivity index (χ3n) is 11.3. The van der Waals surface area contributed by atoms with Gasteiger partial charge in [-0.25, -0.2) is 24.5 Å². The van der Waals surface area contributed by atoms with Crippen LogP contribution >= 0.6 is 0 Å². The molecule has 4 amide bonds. The van der Waals surface area contributed by atoms with Gasteiger partial charge < -0.3 is 39.9 Å². The van der Waals surface area contributed by atoms with E-state index in [1.807, 2.05) is 91.5 Å². The minimum atomic E-state index is -0.891. The molecule has 0 spiro atoms. The minimum Gasteiger partial charge on any atom is -0.453 e. The molecular formula is C44H47N9O6. The van der Waals surface area contributed by atoms with E-state index in [0.717, 1.165) is 70.1 Å². The molecule has 59 heavy (non-hydrogen) atoms. The van der Waals surface area contributed by atoms with Crippen molar-refractivity contribution >= 4 is 45.9 Å². The predicted molar refractivity (Wildman–Crippen MR) is 221 cm³/mol. The van der Waals surface area contributed by atoms with Crippen LogP contribution in [0.4, 0.5) is 9.59 Å². The number of ether oxygens (including phenoxy) is 2. The number of fused-ring (bicyclic) bond motifs is 2. The fourth-order valence-electron chi connectivity index (χ4n) is 8.24. The van der Waals surface area contributed by atoms with Crippen molar-refractivity contribution in [3.8, 4) is 22.5 Å². The first kappa shape index (κ1) is 39.1. The van der Waals surface area contributed by atoms with Crippen LogP contribution in [-0.2, 0) is 19.1 Å². The lowest BCUT2D eigenvalue weighted by molar-refractivity contribution is -0.135. The van der Waals surface area contributed by atoms with Gasteiger partial charge in [0, 0.05) is 29.6 Å². The summed E-state index contributed by atoms with van der Waals surface area (Å²) in [5, 5.41) is 6.37. The van der Waals surface area contributed by atoms with Crippen molar-refractivity contribution in [3.63, 3.8) is 0 Å². The number of alkyl carbamates (subject to hydrolysis) is 2. The lowest BCUT2D eigenvalue weighted by atomic mass is 10.0. The molecule has 4 unspecified atom stereocenters. The van der Waals surface area contributed by atoms with E-state index < -0.39 is 24.3 Å². The van der Waals surface area contributed by atoms with Crippen molar-refractivity contribution < 1.29 is 28.7 Å². The fraction of sp³-hybridized carbons (Fsp3) is 0.341. The number of imidazole rings is 2. The molecule has 5 heterocycles. The van der Waals surface area contributed by atoms with Gasteiger partial charge in [-0.05, 0) is 67.5 Å². The highest BCUT2D eigenvalue weighted by atomic mass is 16.5. The first-order valence-electron chi connectivity index (χ1n) is 19.9. The number of nitrogens with one attached hydrogen (secondary N) is 4. The molecule has 3 aromatic heterocycles. The summed E-state index contributed by atoms with van der Waals surface area (Å²) in [4.78, 5) is 76.9. The number of aromatic amines is 2. The number of hydrogen-bond donors (Lipinski definition) is 4. The molecule has 0 bridgehead atoms. The van der Waals surface area contributed by atoms with E-state index in [4.69, 9.17) is 24.4 Å². The Hall–Kier alpha value is -6.77. The lowest BCUT2D eigenvalue weighted by Gasteiger charge is -2.29. The minimum absolute atomic E-state index is 0.119. The Balaban J connectivity index is 0.985. The maximum atomic E-state index is 13.9. The van der Waals surface area contributed by atoms with Gasteiger partial charge in [0.2, 0.25) is 5.91 Å². The van der Waals surface area contributed by atoms with Gasteiger partial charge in [-0.2, -0.15) is 0 Å². The van der Waals surface area contributed by atoms with E-state index in [1.54, 1.807) is 11.1 Å². The first-order valence-corrected chi connectivity index (χ1v) is 19.9. The molecule has 4 N–H and O–H groups in total. The van der Waals surface area contributed by atoms with Crippen molar-refractivity contribution in [1.29, 1.82) is 0 Å². The van der Waals surface area contributed by atoms with Crippen molar-refractivity contribution in [1.82, 2.24) is 45.4 Å². The van der Waals surface area contributed by atoms with Crippen LogP contribution in [0.3, 0.4) is 0 Å². The zero-order chi connectivity index (χ0) is 41.2. The van der Waals surface area contributed by atoms with Gasteiger partial charge in [0.15, 0.2) is 0 Å². The number of likely N-dealkylation sites (tertiary alicyclic amines) is 2. The average Bonchev–Trinajstić information content (AvgIpc) is 4.10. The van der Waals surface area contributed by atoms with E-state index in [1.165, 1.54) is 14.2 Å². The van der Waals surface area contributed by atoms with E-state index in [2.05, 4.69) is 26.7 Å². The van der Waals surface area contributed by atoms with Crippen LogP contribution in [0.5, 0.6) is 0 Å². The van der Waals surface area contributed by atoms with Gasteiger partial charge in [0.25, 0.3) is 5.91 Å². The van der Waals surface area contributed by atoms with Gasteiger partial charge in [0.1, 0.15) is 23.7 Å². The molecule has 2 saturated heterocycles. The number of methoxy groups -OCH3 is 2. The number of hydrogen-bond acceptors (Lipinski definition) is 9. The topological polar surface area (TPSA) is 188 Å². The number of H-pyrrole nitrogens is 2. The van der Waals surface area contributed by atoms with Crippen LogP contribution in [0.1, 0.15) is 74.9 Å². The van der Waals surface area contributed by atoms with Crippen LogP contribution in [0.15, 0.2) is 85.1 Å². The largest absolute Gasteiger partial charge is 0.453 e. The highest BCUT2D eigenvalue weighted by Gasteiger charge is 2.39. The summed E-state index contributed by atoms with van der Waals surface area (Å²) < 4.78 is 9.60. The quantitative estimate of drug-likeness (QED) is 0.114. The number of pyridine rings is 1. The number of carbonyl (C=O) groups is 4. The van der Waals surface area contributed by atoms with Crippen LogP contribution in [-0.4, -0.2) is 92.1 Å². The highest BCUT2D eigenvalue weighted by molar-refractivity contribution is 5.89. The highest BCUT2D eigenvalue weighted by Crippen LogP contribution is 2.36. The molecule has 6 aromatic rings. The van der Waals surface area contributed by atoms with Gasteiger partial charge in [-0.3, -0.25) is 9.59 Å². The molecule has 2 aliphatic rings. The Morgan fingerprint density at radius 3 is 2.14 bits per heavy atom. The molecule has 15 heteroatoms. The third kappa shape index (κ3) is 7.92. The van der Waals surface area contributed by atoms with Crippen molar-refractivity contribution in [3.05, 3.63) is 102 Å². The van der Waals surface area contributed by atoms with Crippen LogP contribution in [0.25, 0.3) is 44.5 Å². The Morgan fingerprint density at radius 1 is 0.729 bits per heavy atom. The van der Waals surface area contributed by atoms with E-state index >= 15 is 0 Å². The standard InChI is InChI=1S/C44H47N9O6/c1-25(2)37(50-43(56)58-3)41(54)53-21-9-13-36(53)40-47-32-19-16-29(23-33(32)48-40)31-17-14-27-22-28(15-18-30(27)46-31)34-24-45-39(49-34)35-12-8-20-52(35)42(55)38(51-44(57)59-4)26-10-6-5-7-11-26/h5-7,10-11,14-19,22-25,35-38H,8-9,12-13,20-21H2,1-4H3,(H,45,49)(H,47,48)(H,50,56)(H,51,57). The van der Waals surface area contributed by atoms with Gasteiger partial charge in [0.05, 0.1) is 60.4 Å². The Bertz CT molecular complexity index is 2520. The summed E-state index contributed by atoms with van der Waals surface area (Å²) in [5.41, 5.74) is 6.61. The summed E-state index contributed by atoms with van der Waals surface area (Å²) in [7, 11) is 2.56. The predicted octanol–water partition coefficient (Wildman–Crippen LogP) is 6.97. The van der Waals surface area contributed by atoms with Crippen LogP contribution in [0, 0.1) is 5.92 Å². The van der Waals surface area contributed by atoms with Crippen molar-refractivity contribution in [2.45, 2.75) is 63.7 Å². The third-order valence-corrected chi connectivity index (χ3v) is 11.3. The Labute approximate surface area is 340 Å². The van der Waals surface area contributed by atoms with E-state index in [9.17, 15) is 19.2 Å². The lowest BCUT2D eigenvalue weighted by Crippen LogP contribution is -2.51. The van der Waals surface area contributed by atoms with Crippen LogP contribution < -0.4 is 10.6 Å². The summed E-state index contributed by atoms with van der Waals surface area (Å²) >= 11 is 0. The molecule has 2 aliphatic heterocycles. The summed E-state index contributed by atoms with van der Waals surface area (Å²) in [6.45, 7) is 4.92. The number of aromatic nitrogens is 5. The molecule has 3 aromatic carbocycles. The molecule has 4 atom stereocenters. The smallest absolute Gasteiger partial charge is 0.407 e. The normalized spacial score (nSPS) is 17.6. The number of rotatable bonds is 10. The molecule has 8 rings (SSSR count). The summed E-state index contributed by atoms with van der Waals surface area (Å²) in [6, 6.07) is 23.1.